The summed E-state index contributed by atoms with van der Waals surface area (Å²) in [4.78, 5) is 0. The van der Waals surface area contributed by atoms with Gasteiger partial charge in [-0.3, -0.25) is 0 Å². The first-order valence-corrected chi connectivity index (χ1v) is 6.29. The van der Waals surface area contributed by atoms with Gasteiger partial charge in [0.15, 0.2) is 0 Å². The number of nitrogens with one attached hydrogen (secondary N) is 2. The topological polar surface area (TPSA) is 24.1 Å². The molecule has 0 aromatic heterocycles. The molecule has 0 fully saturated rings. The van der Waals surface area contributed by atoms with Crippen LogP contribution < -0.4 is 10.6 Å². The monoisotopic (exact) mass is 240 g/mol. The summed E-state index contributed by atoms with van der Waals surface area (Å²) in [5.41, 5.74) is 2.32. The predicted octanol–water partition coefficient (Wildman–Crippen LogP) is 2.74. The van der Waals surface area contributed by atoms with Crippen molar-refractivity contribution >= 4 is 11.6 Å². The standard InChI is InChI=1S/C13H21ClN2/c1-3-7-15-8-9-16-10-12-6-4-5-11(2)13(12)14/h4-6,15-16H,3,7-10H2,1-2H3. The zero-order chi connectivity index (χ0) is 11.8. The summed E-state index contributed by atoms with van der Waals surface area (Å²) in [5.74, 6) is 0. The molecule has 0 aliphatic rings. The molecule has 2 N–H and O–H groups in total. The van der Waals surface area contributed by atoms with Crippen LogP contribution in [0.15, 0.2) is 18.2 Å². The lowest BCUT2D eigenvalue weighted by Crippen LogP contribution is -2.27. The van der Waals surface area contributed by atoms with Gasteiger partial charge < -0.3 is 10.6 Å². The van der Waals surface area contributed by atoms with E-state index in [1.54, 1.807) is 0 Å². The zero-order valence-corrected chi connectivity index (χ0v) is 10.9. The maximum atomic E-state index is 6.20. The van der Waals surface area contributed by atoms with E-state index >= 15 is 0 Å². The maximum Gasteiger partial charge on any atom is 0.0480 e. The molecular formula is C13H21ClN2. The summed E-state index contributed by atoms with van der Waals surface area (Å²) in [7, 11) is 0. The van der Waals surface area contributed by atoms with Crippen molar-refractivity contribution in [2.24, 2.45) is 0 Å². The van der Waals surface area contributed by atoms with Crippen LogP contribution in [-0.2, 0) is 6.54 Å². The van der Waals surface area contributed by atoms with E-state index < -0.39 is 0 Å². The van der Waals surface area contributed by atoms with Crippen molar-refractivity contribution in [3.05, 3.63) is 34.3 Å². The maximum absolute atomic E-state index is 6.20. The second kappa shape index (κ2) is 7.66. The van der Waals surface area contributed by atoms with E-state index in [9.17, 15) is 0 Å². The van der Waals surface area contributed by atoms with Crippen molar-refractivity contribution in [2.75, 3.05) is 19.6 Å². The third kappa shape index (κ3) is 4.52. The molecule has 0 bridgehead atoms. The molecule has 90 valence electrons. The molecular weight excluding hydrogens is 220 g/mol. The van der Waals surface area contributed by atoms with Crippen LogP contribution in [-0.4, -0.2) is 19.6 Å². The average Bonchev–Trinajstić information content (AvgIpc) is 2.29. The lowest BCUT2D eigenvalue weighted by molar-refractivity contribution is 0.606. The van der Waals surface area contributed by atoms with Gasteiger partial charge in [0.2, 0.25) is 0 Å². The minimum atomic E-state index is 0.842. The molecule has 16 heavy (non-hydrogen) atoms. The molecule has 0 radical (unpaired) electrons. The highest BCUT2D eigenvalue weighted by Gasteiger charge is 2.01. The van der Waals surface area contributed by atoms with Gasteiger partial charge in [-0.1, -0.05) is 36.7 Å². The predicted molar refractivity (Wildman–Crippen MR) is 71.1 cm³/mol. The summed E-state index contributed by atoms with van der Waals surface area (Å²) in [5, 5.41) is 7.62. The molecule has 0 heterocycles. The lowest BCUT2D eigenvalue weighted by Gasteiger charge is -2.08. The molecule has 0 unspecified atom stereocenters. The second-order valence-corrected chi connectivity index (χ2v) is 4.35. The minimum absolute atomic E-state index is 0.842. The Hall–Kier alpha value is -0.570. The van der Waals surface area contributed by atoms with Crippen molar-refractivity contribution in [1.82, 2.24) is 10.6 Å². The average molecular weight is 241 g/mol. The van der Waals surface area contributed by atoms with E-state index in [0.29, 0.717) is 0 Å². The Morgan fingerprint density at radius 1 is 1.12 bits per heavy atom. The van der Waals surface area contributed by atoms with Gasteiger partial charge in [-0.2, -0.15) is 0 Å². The van der Waals surface area contributed by atoms with E-state index in [1.165, 1.54) is 12.0 Å². The highest BCUT2D eigenvalue weighted by molar-refractivity contribution is 6.32. The van der Waals surface area contributed by atoms with E-state index in [4.69, 9.17) is 11.6 Å². The van der Waals surface area contributed by atoms with Gasteiger partial charge in [-0.25, -0.2) is 0 Å². The molecule has 0 aliphatic heterocycles. The molecule has 0 aliphatic carbocycles. The summed E-state index contributed by atoms with van der Waals surface area (Å²) >= 11 is 6.20. The van der Waals surface area contributed by atoms with E-state index in [2.05, 4.69) is 23.6 Å². The van der Waals surface area contributed by atoms with Crippen LogP contribution >= 0.6 is 11.6 Å². The van der Waals surface area contributed by atoms with Gasteiger partial charge in [0, 0.05) is 24.7 Å². The molecule has 1 aromatic rings. The van der Waals surface area contributed by atoms with E-state index in [0.717, 1.165) is 36.8 Å². The van der Waals surface area contributed by atoms with Crippen molar-refractivity contribution in [3.8, 4) is 0 Å². The van der Waals surface area contributed by atoms with Crippen molar-refractivity contribution in [2.45, 2.75) is 26.8 Å². The molecule has 2 nitrogen and oxygen atoms in total. The Balaban J connectivity index is 2.24. The molecule has 1 aromatic carbocycles. The Morgan fingerprint density at radius 3 is 2.62 bits per heavy atom. The van der Waals surface area contributed by atoms with E-state index in [-0.39, 0.29) is 0 Å². The van der Waals surface area contributed by atoms with Crippen LogP contribution in [0.1, 0.15) is 24.5 Å². The van der Waals surface area contributed by atoms with Crippen LogP contribution in [0.5, 0.6) is 0 Å². The quantitative estimate of drug-likeness (QED) is 0.717. The van der Waals surface area contributed by atoms with Crippen molar-refractivity contribution < 1.29 is 0 Å². The van der Waals surface area contributed by atoms with Gasteiger partial charge in [-0.05, 0) is 31.0 Å². The SMILES string of the molecule is CCCNCCNCc1cccc(C)c1Cl. The van der Waals surface area contributed by atoms with Crippen LogP contribution in [0.3, 0.4) is 0 Å². The zero-order valence-electron chi connectivity index (χ0n) is 10.1. The van der Waals surface area contributed by atoms with Crippen molar-refractivity contribution in [3.63, 3.8) is 0 Å². The first kappa shape index (κ1) is 13.5. The Bertz CT molecular complexity index is 313. The third-order valence-electron chi connectivity index (χ3n) is 2.49. The van der Waals surface area contributed by atoms with Crippen LogP contribution in [0, 0.1) is 6.92 Å². The van der Waals surface area contributed by atoms with Gasteiger partial charge >= 0.3 is 0 Å². The first-order chi connectivity index (χ1) is 7.75. The van der Waals surface area contributed by atoms with E-state index in [1.807, 2.05) is 19.1 Å². The van der Waals surface area contributed by atoms with Crippen molar-refractivity contribution in [1.29, 1.82) is 0 Å². The largest absolute Gasteiger partial charge is 0.315 e. The summed E-state index contributed by atoms with van der Waals surface area (Å²) in [6.07, 6.45) is 1.18. The molecule has 0 spiro atoms. The number of rotatable bonds is 7. The van der Waals surface area contributed by atoms with Gasteiger partial charge in [0.1, 0.15) is 0 Å². The number of benzene rings is 1. The van der Waals surface area contributed by atoms with Crippen LogP contribution in [0.2, 0.25) is 5.02 Å². The number of aryl methyl sites for hydroxylation is 1. The summed E-state index contributed by atoms with van der Waals surface area (Å²) in [6, 6.07) is 6.16. The fraction of sp³-hybridized carbons (Fsp3) is 0.538. The minimum Gasteiger partial charge on any atom is -0.315 e. The molecule has 0 amide bonds. The van der Waals surface area contributed by atoms with Gasteiger partial charge in [-0.15, -0.1) is 0 Å². The highest BCUT2D eigenvalue weighted by Crippen LogP contribution is 2.19. The van der Waals surface area contributed by atoms with Gasteiger partial charge in [0.05, 0.1) is 0 Å². The summed E-state index contributed by atoms with van der Waals surface area (Å²) in [6.45, 7) is 8.13. The molecule has 0 saturated carbocycles. The Morgan fingerprint density at radius 2 is 1.88 bits per heavy atom. The number of halogens is 1. The Labute approximate surface area is 103 Å². The van der Waals surface area contributed by atoms with Gasteiger partial charge in [0.25, 0.3) is 0 Å². The summed E-state index contributed by atoms with van der Waals surface area (Å²) < 4.78 is 0. The molecule has 0 saturated heterocycles. The number of hydrogen-bond donors (Lipinski definition) is 2. The van der Waals surface area contributed by atoms with Crippen LogP contribution in [0.4, 0.5) is 0 Å². The third-order valence-corrected chi connectivity index (χ3v) is 3.03. The number of hydrogen-bond acceptors (Lipinski definition) is 2. The second-order valence-electron chi connectivity index (χ2n) is 3.97. The smallest absolute Gasteiger partial charge is 0.0480 e. The molecule has 3 heteroatoms. The molecule has 1 rings (SSSR count). The van der Waals surface area contributed by atoms with Crippen LogP contribution in [0.25, 0.3) is 0 Å². The molecule has 0 atom stereocenters. The normalized spacial score (nSPS) is 10.7. The lowest BCUT2D eigenvalue weighted by atomic mass is 10.1. The first-order valence-electron chi connectivity index (χ1n) is 5.91. The Kier molecular flexibility index (Phi) is 6.46. The highest BCUT2D eigenvalue weighted by atomic mass is 35.5. The fourth-order valence-electron chi connectivity index (χ4n) is 1.55. The fourth-order valence-corrected chi connectivity index (χ4v) is 1.74.